The Morgan fingerprint density at radius 3 is 2.40 bits per heavy atom. The maximum absolute atomic E-state index is 12.7. The Balaban J connectivity index is 0.00000450. The van der Waals surface area contributed by atoms with E-state index in [0.29, 0.717) is 50.3 Å². The lowest BCUT2D eigenvalue weighted by Crippen LogP contribution is -2.37. The van der Waals surface area contributed by atoms with Gasteiger partial charge < -0.3 is 20.1 Å². The maximum Gasteiger partial charge on any atom is 0.243 e. The Hall–Kier alpha value is -0.950. The van der Waals surface area contributed by atoms with Gasteiger partial charge in [0.15, 0.2) is 5.96 Å². The number of nitrogens with zero attached hydrogens (tertiary/aromatic N) is 2. The van der Waals surface area contributed by atoms with Crippen molar-refractivity contribution in [3.63, 3.8) is 0 Å². The van der Waals surface area contributed by atoms with Crippen LogP contribution in [0.5, 0.6) is 0 Å². The van der Waals surface area contributed by atoms with Crippen molar-refractivity contribution in [2.75, 3.05) is 53.6 Å². The second-order valence-corrected chi connectivity index (χ2v) is 8.86. The number of hydrogen-bond acceptors (Lipinski definition) is 5. The van der Waals surface area contributed by atoms with Gasteiger partial charge in [0.25, 0.3) is 0 Å². The zero-order valence-electron chi connectivity index (χ0n) is 17.9. The molecule has 1 fully saturated rings. The van der Waals surface area contributed by atoms with E-state index < -0.39 is 10.0 Å². The number of aliphatic imine (C=N–C) groups is 1. The molecule has 10 heteroatoms. The van der Waals surface area contributed by atoms with E-state index in [1.54, 1.807) is 30.6 Å². The number of ether oxygens (including phenoxy) is 2. The van der Waals surface area contributed by atoms with Gasteiger partial charge in [0.2, 0.25) is 10.0 Å². The van der Waals surface area contributed by atoms with Gasteiger partial charge in [-0.15, -0.1) is 24.0 Å². The Morgan fingerprint density at radius 2 is 1.77 bits per heavy atom. The van der Waals surface area contributed by atoms with Gasteiger partial charge >= 0.3 is 0 Å². The van der Waals surface area contributed by atoms with Crippen LogP contribution in [-0.4, -0.2) is 72.3 Å². The van der Waals surface area contributed by atoms with E-state index in [4.69, 9.17) is 9.47 Å². The standard InChI is InChI=1S/C20H34N4O4S.HI/c1-21-20(22-11-6-14-28-16-15-27-2)23-17-18-7-9-19(10-8-18)29(25,26)24-12-4-3-5-13-24;/h7-10H,3-6,11-17H2,1-2H3,(H2,21,22,23);1H. The molecule has 172 valence electrons. The first-order valence-corrected chi connectivity index (χ1v) is 11.6. The SMILES string of the molecule is CN=C(NCCCOCCOC)NCc1ccc(S(=O)(=O)N2CCCCC2)cc1.I. The molecule has 1 aromatic rings. The first-order valence-electron chi connectivity index (χ1n) is 10.2. The molecule has 1 heterocycles. The molecule has 0 radical (unpaired) electrons. The fraction of sp³-hybridized carbons (Fsp3) is 0.650. The van der Waals surface area contributed by atoms with Gasteiger partial charge in [0.1, 0.15) is 0 Å². The molecule has 0 bridgehead atoms. The molecule has 8 nitrogen and oxygen atoms in total. The van der Waals surface area contributed by atoms with Crippen molar-refractivity contribution in [2.45, 2.75) is 37.1 Å². The predicted molar refractivity (Wildman–Crippen MR) is 130 cm³/mol. The molecular weight excluding hydrogens is 519 g/mol. The molecule has 0 unspecified atom stereocenters. The highest BCUT2D eigenvalue weighted by molar-refractivity contribution is 14.0. The molecule has 2 rings (SSSR count). The van der Waals surface area contributed by atoms with Crippen molar-refractivity contribution in [2.24, 2.45) is 4.99 Å². The molecule has 1 aliphatic rings. The number of nitrogens with one attached hydrogen (secondary N) is 2. The van der Waals surface area contributed by atoms with Gasteiger partial charge in [-0.25, -0.2) is 8.42 Å². The van der Waals surface area contributed by atoms with Crippen LogP contribution >= 0.6 is 24.0 Å². The summed E-state index contributed by atoms with van der Waals surface area (Å²) in [5, 5.41) is 6.47. The number of benzene rings is 1. The van der Waals surface area contributed by atoms with E-state index in [0.717, 1.165) is 37.8 Å². The van der Waals surface area contributed by atoms with Crippen LogP contribution in [-0.2, 0) is 26.0 Å². The average molecular weight is 554 g/mol. The number of methoxy groups -OCH3 is 1. The third-order valence-corrected chi connectivity index (χ3v) is 6.66. The zero-order valence-corrected chi connectivity index (χ0v) is 21.1. The van der Waals surface area contributed by atoms with Gasteiger partial charge in [0, 0.05) is 46.9 Å². The molecule has 0 saturated carbocycles. The molecule has 2 N–H and O–H groups in total. The van der Waals surface area contributed by atoms with Crippen molar-refractivity contribution in [3.8, 4) is 0 Å². The van der Waals surface area contributed by atoms with Crippen molar-refractivity contribution < 1.29 is 17.9 Å². The van der Waals surface area contributed by atoms with Gasteiger partial charge in [-0.05, 0) is 37.0 Å². The summed E-state index contributed by atoms with van der Waals surface area (Å²) in [5.74, 6) is 0.701. The highest BCUT2D eigenvalue weighted by Gasteiger charge is 2.25. The van der Waals surface area contributed by atoms with Crippen LogP contribution in [0.15, 0.2) is 34.2 Å². The minimum atomic E-state index is -3.38. The van der Waals surface area contributed by atoms with Crippen LogP contribution in [0.1, 0.15) is 31.2 Å². The number of sulfonamides is 1. The first-order chi connectivity index (χ1) is 14.1. The normalized spacial score (nSPS) is 15.5. The van der Waals surface area contributed by atoms with Crippen molar-refractivity contribution in [3.05, 3.63) is 29.8 Å². The van der Waals surface area contributed by atoms with Gasteiger partial charge in [-0.2, -0.15) is 4.31 Å². The van der Waals surface area contributed by atoms with Crippen LogP contribution in [0.3, 0.4) is 0 Å². The summed E-state index contributed by atoms with van der Waals surface area (Å²) in [6, 6.07) is 7.07. The number of hydrogen-bond donors (Lipinski definition) is 2. The van der Waals surface area contributed by atoms with Crippen LogP contribution in [0.4, 0.5) is 0 Å². The minimum absolute atomic E-state index is 0. The van der Waals surface area contributed by atoms with E-state index in [-0.39, 0.29) is 24.0 Å². The summed E-state index contributed by atoms with van der Waals surface area (Å²) >= 11 is 0. The van der Waals surface area contributed by atoms with Gasteiger partial charge in [-0.3, -0.25) is 4.99 Å². The molecule has 0 amide bonds. The van der Waals surface area contributed by atoms with Crippen molar-refractivity contribution in [1.82, 2.24) is 14.9 Å². The molecule has 0 spiro atoms. The Labute approximate surface area is 197 Å². The maximum atomic E-state index is 12.7. The summed E-state index contributed by atoms with van der Waals surface area (Å²) in [5.41, 5.74) is 0.994. The van der Waals surface area contributed by atoms with Crippen LogP contribution < -0.4 is 10.6 Å². The van der Waals surface area contributed by atoms with E-state index in [2.05, 4.69) is 15.6 Å². The third kappa shape index (κ3) is 9.04. The second kappa shape index (κ2) is 15.0. The van der Waals surface area contributed by atoms with Crippen LogP contribution in [0, 0.1) is 0 Å². The molecule has 1 aromatic carbocycles. The predicted octanol–water partition coefficient (Wildman–Crippen LogP) is 2.20. The van der Waals surface area contributed by atoms with Crippen LogP contribution in [0.25, 0.3) is 0 Å². The van der Waals surface area contributed by atoms with Gasteiger partial charge in [-0.1, -0.05) is 18.6 Å². The number of guanidine groups is 1. The molecule has 1 saturated heterocycles. The number of rotatable bonds is 11. The van der Waals surface area contributed by atoms with Crippen LogP contribution in [0.2, 0.25) is 0 Å². The topological polar surface area (TPSA) is 92.3 Å². The average Bonchev–Trinajstić information content (AvgIpc) is 2.76. The van der Waals surface area contributed by atoms with Gasteiger partial charge in [0.05, 0.1) is 18.1 Å². The summed E-state index contributed by atoms with van der Waals surface area (Å²) < 4.78 is 37.4. The van der Waals surface area contributed by atoms with E-state index in [1.165, 1.54) is 0 Å². The van der Waals surface area contributed by atoms with Crippen molar-refractivity contribution >= 4 is 40.0 Å². The molecule has 30 heavy (non-hydrogen) atoms. The first kappa shape index (κ1) is 27.1. The quantitative estimate of drug-likeness (QED) is 0.189. The summed E-state index contributed by atoms with van der Waals surface area (Å²) in [6.45, 7) is 4.42. The third-order valence-electron chi connectivity index (χ3n) is 4.75. The molecule has 1 aliphatic heterocycles. The summed E-state index contributed by atoms with van der Waals surface area (Å²) in [7, 11) is -0.00565. The highest BCUT2D eigenvalue weighted by atomic mass is 127. The molecule has 0 aromatic heterocycles. The minimum Gasteiger partial charge on any atom is -0.382 e. The van der Waals surface area contributed by atoms with E-state index in [1.807, 2.05) is 12.1 Å². The molecule has 0 aliphatic carbocycles. The number of halogens is 1. The smallest absolute Gasteiger partial charge is 0.243 e. The Bertz CT molecular complexity index is 723. The molecular formula is C20H35IN4O4S. The Kier molecular flexibility index (Phi) is 13.5. The Morgan fingerprint density at radius 1 is 1.07 bits per heavy atom. The zero-order chi connectivity index (χ0) is 21.0. The fourth-order valence-electron chi connectivity index (χ4n) is 3.07. The largest absolute Gasteiger partial charge is 0.382 e. The monoisotopic (exact) mass is 554 g/mol. The summed E-state index contributed by atoms with van der Waals surface area (Å²) in [6.07, 6.45) is 3.85. The second-order valence-electron chi connectivity index (χ2n) is 6.92. The lowest BCUT2D eigenvalue weighted by atomic mass is 10.2. The fourth-order valence-corrected chi connectivity index (χ4v) is 4.58. The lowest BCUT2D eigenvalue weighted by molar-refractivity contribution is 0.0698. The van der Waals surface area contributed by atoms with Crippen molar-refractivity contribution in [1.29, 1.82) is 0 Å². The summed E-state index contributed by atoms with van der Waals surface area (Å²) in [4.78, 5) is 4.56. The molecule has 0 atom stereocenters. The van der Waals surface area contributed by atoms with E-state index >= 15 is 0 Å². The number of piperidine rings is 1. The highest BCUT2D eigenvalue weighted by Crippen LogP contribution is 2.20. The lowest BCUT2D eigenvalue weighted by Gasteiger charge is -2.25. The van der Waals surface area contributed by atoms with E-state index in [9.17, 15) is 8.42 Å².